The second-order valence-corrected chi connectivity index (χ2v) is 17.0. The van der Waals surface area contributed by atoms with E-state index in [1.807, 2.05) is 13.8 Å². The van der Waals surface area contributed by atoms with Gasteiger partial charge in [0.05, 0.1) is 11.8 Å². The molecule has 0 bridgehead atoms. The molecular formula is C32H34ClN5O9S2. The Hall–Kier alpha value is -3.99. The van der Waals surface area contributed by atoms with Crippen LogP contribution in [0, 0.1) is 0 Å². The standard InChI is InChI=1S/C32H34ClN5O9S2/c1-31(2)23(37-19(39)13-20(37)48-31)28(42)45-14-46-29(43)24-32(3,4)49-27-22(26(41)38(24)27)36-25(40)21(34)15-5-11-18(12-6-15)47-30(44)35-17-9-7-16(33)8-10-17/h5-12,20-24,27H,13-14,34H2,1-4H3,(H,35,44)(H,36,40)/t20-,21?,22-,23+,24+,27-/m1/s1. The molecule has 0 saturated carbocycles. The topological polar surface area (TPSA) is 187 Å². The minimum absolute atomic E-state index is 0.0714. The Kier molecular flexibility index (Phi) is 9.28. The molecule has 17 heteroatoms. The molecule has 260 valence electrons. The van der Waals surface area contributed by atoms with E-state index in [0.29, 0.717) is 22.7 Å². The number of thioether (sulfide) groups is 2. The van der Waals surface area contributed by atoms with Gasteiger partial charge in [-0.25, -0.2) is 14.4 Å². The molecule has 0 aromatic heterocycles. The van der Waals surface area contributed by atoms with Crippen LogP contribution >= 0.6 is 35.1 Å². The fourth-order valence-corrected chi connectivity index (χ4v) is 9.67. The third-order valence-corrected chi connectivity index (χ3v) is 12.1. The van der Waals surface area contributed by atoms with Crippen molar-refractivity contribution >= 4 is 76.6 Å². The average Bonchev–Trinajstić information content (AvgIpc) is 3.43. The van der Waals surface area contributed by atoms with Gasteiger partial charge in [-0.1, -0.05) is 23.7 Å². The maximum Gasteiger partial charge on any atom is 0.417 e. The van der Waals surface area contributed by atoms with Crippen LogP contribution in [0.4, 0.5) is 10.5 Å². The number of hydrogen-bond acceptors (Lipinski definition) is 12. The summed E-state index contributed by atoms with van der Waals surface area (Å²) in [4.78, 5) is 79.5. The Labute approximate surface area is 295 Å². The lowest BCUT2D eigenvalue weighted by molar-refractivity contribution is -0.181. The largest absolute Gasteiger partial charge is 0.426 e. The Morgan fingerprint density at radius 2 is 1.51 bits per heavy atom. The summed E-state index contributed by atoms with van der Waals surface area (Å²) in [5, 5.41) is 5.16. The number of hydrogen-bond donors (Lipinski definition) is 3. The van der Waals surface area contributed by atoms with Crippen molar-refractivity contribution in [1.29, 1.82) is 0 Å². The predicted molar refractivity (Wildman–Crippen MR) is 180 cm³/mol. The number of carbonyl (C=O) groups excluding carboxylic acids is 6. The van der Waals surface area contributed by atoms with Crippen molar-refractivity contribution in [2.24, 2.45) is 5.73 Å². The maximum absolute atomic E-state index is 13.2. The fraction of sp³-hybridized carbons (Fsp3) is 0.438. The average molecular weight is 732 g/mol. The van der Waals surface area contributed by atoms with Crippen LogP contribution in [0.15, 0.2) is 48.5 Å². The van der Waals surface area contributed by atoms with Crippen molar-refractivity contribution in [3.63, 3.8) is 0 Å². The summed E-state index contributed by atoms with van der Waals surface area (Å²) >= 11 is 8.70. The molecule has 4 amide bonds. The van der Waals surface area contributed by atoms with E-state index in [4.69, 9.17) is 31.5 Å². The number of nitrogens with two attached hydrogens (primary N) is 1. The van der Waals surface area contributed by atoms with E-state index >= 15 is 0 Å². The first-order valence-electron chi connectivity index (χ1n) is 15.3. The minimum atomic E-state index is -1.14. The van der Waals surface area contributed by atoms with Crippen LogP contribution in [0.2, 0.25) is 5.02 Å². The van der Waals surface area contributed by atoms with Gasteiger partial charge in [-0.2, -0.15) is 0 Å². The number of esters is 2. The SMILES string of the molecule is CC1(C)S[C@@H]2[C@H](NC(=O)C(N)c3ccc(OC(=O)Nc4ccc(Cl)cc4)cc3)C(=O)N2[C@H]1C(=O)OCOC(=O)[C@@H]1N2C(=O)C[C@H]2SC1(C)C. The van der Waals surface area contributed by atoms with Crippen LogP contribution in [0.5, 0.6) is 5.75 Å². The number of carbonyl (C=O) groups is 6. The van der Waals surface area contributed by atoms with Crippen LogP contribution < -0.4 is 21.1 Å². The fourth-order valence-electron chi connectivity index (χ4n) is 6.31. The highest BCUT2D eigenvalue weighted by Crippen LogP contribution is 2.52. The summed E-state index contributed by atoms with van der Waals surface area (Å²) in [5.41, 5.74) is 7.11. The van der Waals surface area contributed by atoms with Gasteiger partial charge in [-0.15, -0.1) is 23.5 Å². The highest BCUT2D eigenvalue weighted by molar-refractivity contribution is 8.02. The third kappa shape index (κ3) is 6.66. The monoisotopic (exact) mass is 731 g/mol. The van der Waals surface area contributed by atoms with Gasteiger partial charge in [0.25, 0.3) is 0 Å². The Balaban J connectivity index is 0.994. The lowest BCUT2D eigenvalue weighted by Gasteiger charge is -2.44. The molecule has 49 heavy (non-hydrogen) atoms. The van der Waals surface area contributed by atoms with E-state index < -0.39 is 75.7 Å². The van der Waals surface area contributed by atoms with E-state index in [2.05, 4.69) is 10.6 Å². The lowest BCUT2D eigenvalue weighted by atomic mass is 9.95. The van der Waals surface area contributed by atoms with E-state index in [1.54, 1.807) is 38.1 Å². The van der Waals surface area contributed by atoms with Gasteiger partial charge >= 0.3 is 18.0 Å². The van der Waals surface area contributed by atoms with Gasteiger partial charge in [0.15, 0.2) is 0 Å². The van der Waals surface area contributed by atoms with Crippen molar-refractivity contribution in [1.82, 2.24) is 15.1 Å². The number of β-lactam (4-membered cyclic amide) rings is 2. The number of ether oxygens (including phenoxy) is 3. The number of nitrogens with zero attached hydrogens (tertiary/aromatic N) is 2. The second kappa shape index (κ2) is 13.0. The molecule has 4 aliphatic heterocycles. The van der Waals surface area contributed by atoms with Crippen LogP contribution in [-0.2, 0) is 33.4 Å². The smallest absolute Gasteiger partial charge is 0.417 e. The Morgan fingerprint density at radius 1 is 0.918 bits per heavy atom. The molecule has 2 aromatic carbocycles. The first-order chi connectivity index (χ1) is 23.1. The van der Waals surface area contributed by atoms with Crippen molar-refractivity contribution in [2.45, 2.75) is 78.5 Å². The molecule has 4 N–H and O–H groups in total. The van der Waals surface area contributed by atoms with Crippen molar-refractivity contribution in [3.8, 4) is 5.75 Å². The molecule has 2 aromatic rings. The van der Waals surface area contributed by atoms with Gasteiger partial charge in [0.1, 0.15) is 35.3 Å². The van der Waals surface area contributed by atoms with Crippen LogP contribution in [0.3, 0.4) is 0 Å². The summed E-state index contributed by atoms with van der Waals surface area (Å²) in [6, 6.07) is 8.65. The lowest BCUT2D eigenvalue weighted by Crippen LogP contribution is -2.71. The maximum atomic E-state index is 13.2. The second-order valence-electron chi connectivity index (χ2n) is 12.9. The number of rotatable bonds is 9. The Bertz CT molecular complexity index is 1710. The third-order valence-electron chi connectivity index (χ3n) is 8.73. The summed E-state index contributed by atoms with van der Waals surface area (Å²) in [6.07, 6.45) is -0.351. The number of anilines is 1. The number of amides is 4. The molecule has 0 radical (unpaired) electrons. The number of halogens is 1. The van der Waals surface area contributed by atoms with Crippen LogP contribution in [0.1, 0.15) is 45.7 Å². The molecule has 6 atom stereocenters. The highest BCUT2D eigenvalue weighted by Gasteiger charge is 2.65. The van der Waals surface area contributed by atoms with Gasteiger partial charge in [0, 0.05) is 20.2 Å². The van der Waals surface area contributed by atoms with Crippen molar-refractivity contribution < 1.29 is 43.0 Å². The quantitative estimate of drug-likeness (QED) is 0.195. The van der Waals surface area contributed by atoms with Gasteiger partial charge < -0.3 is 35.1 Å². The van der Waals surface area contributed by atoms with Gasteiger partial charge in [-0.05, 0) is 69.7 Å². The van der Waals surface area contributed by atoms with Crippen molar-refractivity contribution in [3.05, 3.63) is 59.1 Å². The summed E-state index contributed by atoms with van der Waals surface area (Å²) in [5.74, 6) is -2.43. The molecule has 4 aliphatic rings. The normalized spacial score (nSPS) is 26.4. The summed E-state index contributed by atoms with van der Waals surface area (Å²) < 4.78 is 14.5. The van der Waals surface area contributed by atoms with E-state index in [9.17, 15) is 28.8 Å². The first kappa shape index (κ1) is 34.9. The van der Waals surface area contributed by atoms with Crippen LogP contribution in [-0.4, -0.2) is 90.7 Å². The summed E-state index contributed by atoms with van der Waals surface area (Å²) in [7, 11) is 0. The van der Waals surface area contributed by atoms with Crippen LogP contribution in [0.25, 0.3) is 0 Å². The zero-order valence-electron chi connectivity index (χ0n) is 26.8. The molecule has 0 aliphatic carbocycles. The molecule has 0 spiro atoms. The zero-order chi connectivity index (χ0) is 35.4. The molecule has 6 rings (SSSR count). The summed E-state index contributed by atoms with van der Waals surface area (Å²) in [6.45, 7) is 6.60. The zero-order valence-corrected chi connectivity index (χ0v) is 29.2. The number of benzene rings is 2. The number of fused-ring (bicyclic) bond motifs is 2. The Morgan fingerprint density at radius 3 is 2.12 bits per heavy atom. The molecule has 4 saturated heterocycles. The first-order valence-corrected chi connectivity index (χ1v) is 17.4. The molecule has 4 fully saturated rings. The van der Waals surface area contributed by atoms with Crippen molar-refractivity contribution in [2.75, 3.05) is 12.1 Å². The molecule has 1 unspecified atom stereocenters. The van der Waals surface area contributed by atoms with Gasteiger partial charge in [-0.3, -0.25) is 19.7 Å². The molecule has 14 nitrogen and oxygen atoms in total. The minimum Gasteiger partial charge on any atom is -0.426 e. The van der Waals surface area contributed by atoms with E-state index in [-0.39, 0.29) is 17.0 Å². The van der Waals surface area contributed by atoms with E-state index in [0.717, 1.165) is 0 Å². The van der Waals surface area contributed by atoms with E-state index in [1.165, 1.54) is 57.6 Å². The van der Waals surface area contributed by atoms with Gasteiger partial charge in [0.2, 0.25) is 24.5 Å². The molecule has 4 heterocycles. The predicted octanol–water partition coefficient (Wildman–Crippen LogP) is 2.99. The molecular weight excluding hydrogens is 698 g/mol. The number of nitrogens with one attached hydrogen (secondary N) is 2. The highest BCUT2D eigenvalue weighted by atomic mass is 35.5.